The van der Waals surface area contributed by atoms with Crippen LogP contribution in [0.4, 0.5) is 11.4 Å². The normalized spacial score (nSPS) is 15.5. The molecule has 7 aromatic heterocycles. The lowest BCUT2D eigenvalue weighted by atomic mass is 9.78. The lowest BCUT2D eigenvalue weighted by Crippen LogP contribution is -2.41. The highest BCUT2D eigenvalue weighted by atomic mass is 79.9. The second-order valence-electron chi connectivity index (χ2n) is 22.2. The lowest BCUT2D eigenvalue weighted by molar-refractivity contribution is 0.00578. The molecule has 1 aliphatic heterocycles. The number of carbonyl (C=O) groups excluding carboxylic acids is 5. The van der Waals surface area contributed by atoms with Gasteiger partial charge in [0.1, 0.15) is 27.4 Å². The Kier molecular flexibility index (Phi) is 16.6. The van der Waals surface area contributed by atoms with E-state index in [4.69, 9.17) is 30.2 Å². The van der Waals surface area contributed by atoms with Crippen LogP contribution in [0.1, 0.15) is 137 Å². The Hall–Kier alpha value is -9.93. The van der Waals surface area contributed by atoms with E-state index in [1.54, 1.807) is 48.5 Å². The maximum atomic E-state index is 12.1. The van der Waals surface area contributed by atoms with Crippen molar-refractivity contribution >= 4 is 81.6 Å². The maximum absolute atomic E-state index is 12.1. The van der Waals surface area contributed by atoms with Crippen LogP contribution in [-0.2, 0) is 18.8 Å². The number of hydrogen-bond donors (Lipinski definition) is 6. The zero-order valence-corrected chi connectivity index (χ0v) is 50.2. The van der Waals surface area contributed by atoms with Crippen LogP contribution in [0, 0.1) is 0 Å². The van der Waals surface area contributed by atoms with Gasteiger partial charge < -0.3 is 50.2 Å². The Labute approximate surface area is 510 Å². The fourth-order valence-corrected chi connectivity index (χ4v) is 10.00. The molecule has 28 heteroatoms. The quantitative estimate of drug-likeness (QED) is 0.0258. The number of nitrogens with one attached hydrogen (secondary N) is 4. The van der Waals surface area contributed by atoms with Crippen molar-refractivity contribution in [3.05, 3.63) is 141 Å². The van der Waals surface area contributed by atoms with Gasteiger partial charge in [0, 0.05) is 41.1 Å². The molecule has 14 rings (SSSR count). The summed E-state index contributed by atoms with van der Waals surface area (Å²) in [6.45, 7) is 7.91. The molecule has 3 aliphatic carbocycles. The summed E-state index contributed by atoms with van der Waals surface area (Å²) in [5.41, 5.74) is 19.8. The average Bonchev–Trinajstić information content (AvgIpc) is 2.58. The number of methoxy groups -OCH3 is 2. The molecule has 4 fully saturated rings. The molecule has 0 bridgehead atoms. The molecule has 8 N–H and O–H groups in total. The van der Waals surface area contributed by atoms with Gasteiger partial charge in [0.25, 0.3) is 5.56 Å². The first-order valence-electron chi connectivity index (χ1n) is 28.1. The molecule has 0 atom stereocenters. The Morgan fingerprint density at radius 1 is 0.614 bits per heavy atom. The van der Waals surface area contributed by atoms with Gasteiger partial charge in [0.05, 0.1) is 94.7 Å². The molecule has 4 aliphatic rings. The number of imidazole rings is 3. The molecule has 0 spiro atoms. The maximum Gasteiger partial charge on any atom is 0.494 e. The zero-order chi connectivity index (χ0) is 62.2. The second-order valence-corrected chi connectivity index (χ2v) is 23.0. The van der Waals surface area contributed by atoms with Gasteiger partial charge in [-0.1, -0.05) is 18.2 Å². The summed E-state index contributed by atoms with van der Waals surface area (Å²) in [4.78, 5) is 97.1. The third-order valence-corrected chi connectivity index (χ3v) is 16.0. The Morgan fingerprint density at radius 2 is 1.06 bits per heavy atom. The molecule has 1 saturated heterocycles. The van der Waals surface area contributed by atoms with E-state index in [0.717, 1.165) is 42.4 Å². The lowest BCUT2D eigenvalue weighted by Gasteiger charge is -2.32. The second kappa shape index (κ2) is 24.4. The first kappa shape index (κ1) is 59.8. The summed E-state index contributed by atoms with van der Waals surface area (Å²) in [5, 5.41) is 14.1. The van der Waals surface area contributed by atoms with E-state index >= 15 is 0 Å². The van der Waals surface area contributed by atoms with Crippen molar-refractivity contribution < 1.29 is 42.8 Å². The number of aldehydes is 3. The number of benzene rings is 3. The molecule has 0 radical (unpaired) electrons. The molecule has 3 saturated carbocycles. The molecule has 3 aromatic carbocycles. The van der Waals surface area contributed by atoms with Gasteiger partial charge in [-0.25, -0.2) is 29.5 Å². The molecule has 0 amide bonds. The number of nitrogen functional groups attached to an aromatic ring is 2. The number of nitrogens with zero attached hydrogens (tertiary/aromatic N) is 10. The zero-order valence-electron chi connectivity index (χ0n) is 48.6. The molecule has 8 heterocycles. The van der Waals surface area contributed by atoms with Crippen molar-refractivity contribution in [2.75, 3.05) is 25.7 Å². The predicted octanol–water partition coefficient (Wildman–Crippen LogP) is 8.32. The van der Waals surface area contributed by atoms with Gasteiger partial charge in [-0.05, 0) is 142 Å². The predicted molar refractivity (Wildman–Crippen MR) is 329 cm³/mol. The highest BCUT2D eigenvalue weighted by Gasteiger charge is 2.52. The highest BCUT2D eigenvalue weighted by molar-refractivity contribution is 9.10. The fourth-order valence-electron chi connectivity index (χ4n) is 9.50. The molecule has 450 valence electrons. The van der Waals surface area contributed by atoms with Crippen molar-refractivity contribution in [3.8, 4) is 56.7 Å². The van der Waals surface area contributed by atoms with Crippen LogP contribution in [0.15, 0.2) is 107 Å². The topological polar surface area (TPSA) is 360 Å². The fraction of sp³-hybridized carbons (Fsp3) is 0.283. The van der Waals surface area contributed by atoms with Crippen LogP contribution in [0.5, 0.6) is 0 Å². The first-order chi connectivity index (χ1) is 42.3. The van der Waals surface area contributed by atoms with Gasteiger partial charge in [-0.3, -0.25) is 33.2 Å². The largest absolute Gasteiger partial charge is 0.494 e. The molecular formula is C60H60BBrN16O10. The van der Waals surface area contributed by atoms with Crippen molar-refractivity contribution in [3.63, 3.8) is 0 Å². The number of hydrogen-bond acceptors (Lipinski definition) is 19. The molecule has 10 aromatic rings. The van der Waals surface area contributed by atoms with Crippen molar-refractivity contribution in [2.45, 2.75) is 95.5 Å². The molecule has 26 nitrogen and oxygen atoms in total. The highest BCUT2D eigenvalue weighted by Crippen LogP contribution is 2.40. The van der Waals surface area contributed by atoms with Crippen molar-refractivity contribution in [2.24, 2.45) is 0 Å². The Balaban J connectivity index is 0.000000123. The van der Waals surface area contributed by atoms with Gasteiger partial charge in [0.15, 0.2) is 36.3 Å². The van der Waals surface area contributed by atoms with Crippen LogP contribution in [-0.4, -0.2) is 133 Å². The number of halogens is 1. The van der Waals surface area contributed by atoms with Gasteiger partial charge in [0.2, 0.25) is 0 Å². The van der Waals surface area contributed by atoms with Gasteiger partial charge >= 0.3 is 19.1 Å². The SMILES string of the molecule is COC(=O)c1cc(-c2nc(C=O)[nH]c2-c2ccn(C3CC3)n2)ccc1N.COC(=O)c1cc(B2OC(C)(C)C(C)(C)O2)ccc1N.O=Cc1nc(-c2ccc3nc[nH]c(=O)c3c2)c(-c2ccn(C3CC3)n2)[nH]1.O=Cc1nc(-c2ccn(C3CC3)n2)c(Br)[nH]1. The van der Waals surface area contributed by atoms with Crippen LogP contribution < -0.4 is 22.5 Å². The number of fused-ring (bicyclic) bond motifs is 1. The number of anilines is 2. The van der Waals surface area contributed by atoms with E-state index in [0.29, 0.717) is 121 Å². The monoisotopic (exact) mass is 1250 g/mol. The first-order valence-corrected chi connectivity index (χ1v) is 28.8. The number of aromatic amines is 4. The van der Waals surface area contributed by atoms with Crippen molar-refractivity contribution in [1.82, 2.24) is 69.2 Å². The molecule has 88 heavy (non-hydrogen) atoms. The van der Waals surface area contributed by atoms with Crippen molar-refractivity contribution in [1.29, 1.82) is 0 Å². The Bertz CT molecular complexity index is 4330. The number of carbonyl (C=O) groups is 5. The van der Waals surface area contributed by atoms with E-state index in [1.807, 2.05) is 84.6 Å². The number of aromatic nitrogens is 14. The number of ether oxygens (including phenoxy) is 2. The summed E-state index contributed by atoms with van der Waals surface area (Å²) in [5.74, 6) is -0.289. The Morgan fingerprint density at radius 3 is 1.55 bits per heavy atom. The third kappa shape index (κ3) is 12.7. The number of nitrogens with two attached hydrogens (primary N) is 2. The summed E-state index contributed by atoms with van der Waals surface area (Å²) in [6.07, 6.45) is 16.1. The minimum atomic E-state index is -0.532. The van der Waals surface area contributed by atoms with Crippen LogP contribution in [0.25, 0.3) is 67.6 Å². The minimum Gasteiger partial charge on any atom is -0.465 e. The smallest absolute Gasteiger partial charge is 0.465 e. The molecular weight excluding hydrogens is 1200 g/mol. The summed E-state index contributed by atoms with van der Waals surface area (Å²) >= 11 is 3.33. The van der Waals surface area contributed by atoms with E-state index in [2.05, 4.69) is 71.1 Å². The van der Waals surface area contributed by atoms with Crippen LogP contribution in [0.3, 0.4) is 0 Å². The average molecular weight is 1260 g/mol. The summed E-state index contributed by atoms with van der Waals surface area (Å²) in [6, 6.07) is 22.6. The standard InChI is InChI=1S/C18H14N6O2.C18H17N5O3.C14H20BNO4.C10H9BrN4O/c25-8-15-21-16(10-1-4-13-12(7-10)18(26)20-9-19-13)17(22-15)14-5-6-24(23-14)11-2-3-11;1-26-18(25)12-8-10(2-5-13(12)19)16-17(21-15(9-24)20-16)14-6-7-23(22-14)11-3-4-11;1-13(2)14(3,4)20-15(19-13)9-6-7-11(16)10(8-9)12(17)18-5;11-10-9(12-8(5-16)13-10)7-3-4-15(14-7)6-1-2-6/h1,4-9,11H,2-3H2,(H,21,22)(H,19,20,26);2,5-9,11H,3-4,19H2,1H3,(H,20,21);6-8H,16H2,1-5H3;3-6H,1-2H2,(H,12,13). The number of H-pyrrole nitrogens is 4. The third-order valence-electron chi connectivity index (χ3n) is 15.5. The number of rotatable bonds is 14. The van der Waals surface area contributed by atoms with Gasteiger partial charge in [-0.2, -0.15) is 15.3 Å². The van der Waals surface area contributed by atoms with E-state index in [9.17, 15) is 28.8 Å². The van der Waals surface area contributed by atoms with E-state index in [-0.39, 0.29) is 22.8 Å². The minimum absolute atomic E-state index is 0.187. The van der Waals surface area contributed by atoms with E-state index in [1.165, 1.54) is 33.4 Å². The van der Waals surface area contributed by atoms with E-state index < -0.39 is 30.3 Å². The van der Waals surface area contributed by atoms with Crippen LogP contribution >= 0.6 is 15.9 Å². The summed E-state index contributed by atoms with van der Waals surface area (Å²) < 4.78 is 27.9. The molecule has 0 unspecified atom stereocenters. The van der Waals surface area contributed by atoms with Crippen LogP contribution in [0.2, 0.25) is 0 Å². The van der Waals surface area contributed by atoms with Gasteiger partial charge in [-0.15, -0.1) is 0 Å². The summed E-state index contributed by atoms with van der Waals surface area (Å²) in [7, 11) is 2.09. The number of esters is 2.